The molecule has 0 radical (unpaired) electrons. The molecule has 1 aromatic carbocycles. The second-order valence-corrected chi connectivity index (χ2v) is 5.84. The predicted octanol–water partition coefficient (Wildman–Crippen LogP) is 2.66. The lowest BCUT2D eigenvalue weighted by molar-refractivity contribution is -0.121. The smallest absolute Gasteiger partial charge is 0.220 e. The van der Waals surface area contributed by atoms with Gasteiger partial charge in [-0.25, -0.2) is 0 Å². The topological polar surface area (TPSA) is 41.1 Å². The van der Waals surface area contributed by atoms with Crippen LogP contribution in [0, 0.1) is 0 Å². The van der Waals surface area contributed by atoms with Crippen molar-refractivity contribution in [3.8, 4) is 0 Å². The minimum absolute atomic E-state index is 0.181. The molecule has 20 heavy (non-hydrogen) atoms. The summed E-state index contributed by atoms with van der Waals surface area (Å²) in [5, 5.41) is 6.59. The summed E-state index contributed by atoms with van der Waals surface area (Å²) in [7, 11) is 0. The summed E-state index contributed by atoms with van der Waals surface area (Å²) in [6, 6.07) is 11.0. The quantitative estimate of drug-likeness (QED) is 0.837. The highest BCUT2D eigenvalue weighted by Gasteiger charge is 2.15. The Labute approximate surface area is 122 Å². The van der Waals surface area contributed by atoms with Crippen LogP contribution in [0.1, 0.15) is 44.6 Å². The number of hydrogen-bond acceptors (Lipinski definition) is 2. The molecule has 0 aromatic heterocycles. The predicted molar refractivity (Wildman–Crippen MR) is 82.6 cm³/mol. The first kappa shape index (κ1) is 15.0. The average molecular weight is 274 g/mol. The lowest BCUT2D eigenvalue weighted by atomic mass is 10.0. The first-order chi connectivity index (χ1) is 9.74. The normalized spacial score (nSPS) is 20.4. The van der Waals surface area contributed by atoms with Crippen LogP contribution in [0.15, 0.2) is 30.3 Å². The van der Waals surface area contributed by atoms with Gasteiger partial charge in [-0.15, -0.1) is 0 Å². The van der Waals surface area contributed by atoms with Gasteiger partial charge < -0.3 is 10.6 Å². The highest BCUT2D eigenvalue weighted by atomic mass is 16.1. The second-order valence-electron chi connectivity index (χ2n) is 5.84. The summed E-state index contributed by atoms with van der Waals surface area (Å²) in [6.07, 6.45) is 6.28. The Morgan fingerprint density at radius 3 is 2.85 bits per heavy atom. The fourth-order valence-corrected chi connectivity index (χ4v) is 2.84. The van der Waals surface area contributed by atoms with E-state index in [0.29, 0.717) is 12.5 Å². The summed E-state index contributed by atoms with van der Waals surface area (Å²) in [5.41, 5.74) is 1.27. The van der Waals surface area contributed by atoms with Crippen LogP contribution in [-0.2, 0) is 11.2 Å². The van der Waals surface area contributed by atoms with Gasteiger partial charge in [-0.2, -0.15) is 0 Å². The molecule has 3 nitrogen and oxygen atoms in total. The maximum absolute atomic E-state index is 11.9. The maximum atomic E-state index is 11.9. The van der Waals surface area contributed by atoms with Gasteiger partial charge in [0.2, 0.25) is 5.91 Å². The van der Waals surface area contributed by atoms with Gasteiger partial charge in [-0.1, -0.05) is 36.8 Å². The summed E-state index contributed by atoms with van der Waals surface area (Å²) in [6.45, 7) is 3.18. The number of carbonyl (C=O) groups is 1. The summed E-state index contributed by atoms with van der Waals surface area (Å²) < 4.78 is 0. The summed E-state index contributed by atoms with van der Waals surface area (Å²) >= 11 is 0. The van der Waals surface area contributed by atoms with Gasteiger partial charge in [0.15, 0.2) is 0 Å². The molecule has 1 aromatic rings. The number of hydrogen-bond donors (Lipinski definition) is 2. The molecular formula is C17H26N2O. The Hall–Kier alpha value is -1.35. The molecular weight excluding hydrogens is 248 g/mol. The van der Waals surface area contributed by atoms with Crippen molar-refractivity contribution < 1.29 is 4.79 Å². The Morgan fingerprint density at radius 1 is 1.35 bits per heavy atom. The molecule has 2 atom stereocenters. The van der Waals surface area contributed by atoms with Crippen molar-refractivity contribution in [2.24, 2.45) is 0 Å². The minimum atomic E-state index is 0.181. The van der Waals surface area contributed by atoms with E-state index in [0.717, 1.165) is 19.4 Å². The van der Waals surface area contributed by atoms with Gasteiger partial charge >= 0.3 is 0 Å². The maximum Gasteiger partial charge on any atom is 0.220 e. The van der Waals surface area contributed by atoms with Gasteiger partial charge in [0.25, 0.3) is 0 Å². The molecule has 3 heteroatoms. The van der Waals surface area contributed by atoms with Gasteiger partial charge in [-0.05, 0) is 44.7 Å². The highest BCUT2D eigenvalue weighted by Crippen LogP contribution is 2.11. The van der Waals surface area contributed by atoms with Crippen LogP contribution in [-0.4, -0.2) is 24.5 Å². The zero-order valence-corrected chi connectivity index (χ0v) is 12.4. The van der Waals surface area contributed by atoms with Crippen LogP contribution in [0.4, 0.5) is 0 Å². The summed E-state index contributed by atoms with van der Waals surface area (Å²) in [5.74, 6) is 0.181. The van der Waals surface area contributed by atoms with E-state index in [-0.39, 0.29) is 11.9 Å². The van der Waals surface area contributed by atoms with E-state index < -0.39 is 0 Å². The summed E-state index contributed by atoms with van der Waals surface area (Å²) in [4.78, 5) is 11.9. The zero-order chi connectivity index (χ0) is 14.2. The number of piperidine rings is 1. The average Bonchev–Trinajstić information content (AvgIpc) is 2.47. The molecule has 1 amide bonds. The molecule has 2 rings (SSSR count). The molecule has 1 aliphatic heterocycles. The van der Waals surface area contributed by atoms with Gasteiger partial charge in [0, 0.05) is 18.5 Å². The number of rotatable bonds is 6. The third-order valence-electron chi connectivity index (χ3n) is 3.92. The SMILES string of the molecule is CC(Cc1ccccc1)NC(=O)CCC1CCCCN1. The van der Waals surface area contributed by atoms with Crippen molar-refractivity contribution in [2.45, 2.75) is 57.5 Å². The lowest BCUT2D eigenvalue weighted by Crippen LogP contribution is -2.37. The lowest BCUT2D eigenvalue weighted by Gasteiger charge is -2.23. The van der Waals surface area contributed by atoms with E-state index in [2.05, 4.69) is 29.7 Å². The van der Waals surface area contributed by atoms with Crippen molar-refractivity contribution in [1.82, 2.24) is 10.6 Å². The van der Waals surface area contributed by atoms with E-state index in [1.165, 1.54) is 24.8 Å². The Kier molecular flexibility index (Phi) is 6.06. The van der Waals surface area contributed by atoms with E-state index >= 15 is 0 Å². The third kappa shape index (κ3) is 5.33. The van der Waals surface area contributed by atoms with Gasteiger partial charge in [0.1, 0.15) is 0 Å². The van der Waals surface area contributed by atoms with Crippen LogP contribution in [0.25, 0.3) is 0 Å². The molecule has 2 unspecified atom stereocenters. The van der Waals surface area contributed by atoms with E-state index in [4.69, 9.17) is 0 Å². The van der Waals surface area contributed by atoms with E-state index in [9.17, 15) is 4.79 Å². The fourth-order valence-electron chi connectivity index (χ4n) is 2.84. The fraction of sp³-hybridized carbons (Fsp3) is 0.588. The molecule has 110 valence electrons. The Bertz CT molecular complexity index is 399. The van der Waals surface area contributed by atoms with Crippen molar-refractivity contribution >= 4 is 5.91 Å². The molecule has 1 fully saturated rings. The first-order valence-corrected chi connectivity index (χ1v) is 7.80. The zero-order valence-electron chi connectivity index (χ0n) is 12.4. The number of carbonyl (C=O) groups excluding carboxylic acids is 1. The molecule has 0 spiro atoms. The molecule has 0 bridgehead atoms. The third-order valence-corrected chi connectivity index (χ3v) is 3.92. The Morgan fingerprint density at radius 2 is 2.15 bits per heavy atom. The molecule has 0 saturated carbocycles. The van der Waals surface area contributed by atoms with Crippen LogP contribution < -0.4 is 10.6 Å². The molecule has 1 saturated heterocycles. The molecule has 2 N–H and O–H groups in total. The van der Waals surface area contributed by atoms with Crippen molar-refractivity contribution in [3.63, 3.8) is 0 Å². The van der Waals surface area contributed by atoms with Crippen LogP contribution in [0.5, 0.6) is 0 Å². The van der Waals surface area contributed by atoms with E-state index in [1.54, 1.807) is 0 Å². The van der Waals surface area contributed by atoms with E-state index in [1.807, 2.05) is 18.2 Å². The number of amides is 1. The molecule has 1 heterocycles. The van der Waals surface area contributed by atoms with Gasteiger partial charge in [-0.3, -0.25) is 4.79 Å². The van der Waals surface area contributed by atoms with Crippen molar-refractivity contribution in [1.29, 1.82) is 0 Å². The number of benzene rings is 1. The molecule has 1 aliphatic rings. The Balaban J connectivity index is 1.65. The van der Waals surface area contributed by atoms with Crippen LogP contribution >= 0.6 is 0 Å². The largest absolute Gasteiger partial charge is 0.353 e. The van der Waals surface area contributed by atoms with Crippen molar-refractivity contribution in [2.75, 3.05) is 6.54 Å². The monoisotopic (exact) mass is 274 g/mol. The standard InChI is InChI=1S/C17H26N2O/c1-14(13-15-7-3-2-4-8-15)19-17(20)11-10-16-9-5-6-12-18-16/h2-4,7-8,14,16,18H,5-6,9-13H2,1H3,(H,19,20). The van der Waals surface area contributed by atoms with Crippen LogP contribution in [0.3, 0.4) is 0 Å². The van der Waals surface area contributed by atoms with Crippen molar-refractivity contribution in [3.05, 3.63) is 35.9 Å². The molecule has 0 aliphatic carbocycles. The highest BCUT2D eigenvalue weighted by molar-refractivity contribution is 5.76. The second kappa shape index (κ2) is 8.05. The van der Waals surface area contributed by atoms with Gasteiger partial charge in [0.05, 0.1) is 0 Å². The van der Waals surface area contributed by atoms with Crippen LogP contribution in [0.2, 0.25) is 0 Å². The first-order valence-electron chi connectivity index (χ1n) is 7.80. The number of nitrogens with one attached hydrogen (secondary N) is 2. The minimum Gasteiger partial charge on any atom is -0.353 e.